The van der Waals surface area contributed by atoms with Gasteiger partial charge in [-0.15, -0.1) is 0 Å². The van der Waals surface area contributed by atoms with Crippen molar-refractivity contribution in [3.8, 4) is 0 Å². The van der Waals surface area contributed by atoms with Crippen LogP contribution < -0.4 is 0 Å². The summed E-state index contributed by atoms with van der Waals surface area (Å²) in [6, 6.07) is 6.64. The monoisotopic (exact) mass is 313 g/mol. The van der Waals surface area contributed by atoms with E-state index in [0.717, 1.165) is 22.7 Å². The molecular formula is C15H23NO4S. The van der Waals surface area contributed by atoms with E-state index in [2.05, 4.69) is 6.92 Å². The van der Waals surface area contributed by atoms with Gasteiger partial charge in [0.25, 0.3) is 0 Å². The molecule has 0 heterocycles. The lowest BCUT2D eigenvalue weighted by Crippen LogP contribution is -2.52. The number of nitrogens with zero attached hydrogens (tertiary/aromatic N) is 1. The number of carboxylic acid groups (broad SMARTS) is 1. The molecule has 0 radical (unpaired) electrons. The van der Waals surface area contributed by atoms with Crippen molar-refractivity contribution in [3.05, 3.63) is 29.8 Å². The number of sulfonamides is 1. The van der Waals surface area contributed by atoms with Gasteiger partial charge in [0.05, 0.1) is 4.90 Å². The van der Waals surface area contributed by atoms with Crippen LogP contribution in [0, 0.1) is 0 Å². The van der Waals surface area contributed by atoms with Crippen LogP contribution in [0.15, 0.2) is 29.2 Å². The summed E-state index contributed by atoms with van der Waals surface area (Å²) in [5.74, 6) is -1.17. The summed E-state index contributed by atoms with van der Waals surface area (Å²) >= 11 is 0. The van der Waals surface area contributed by atoms with Crippen LogP contribution in [0.25, 0.3) is 0 Å². The lowest BCUT2D eigenvalue weighted by Gasteiger charge is -2.33. The summed E-state index contributed by atoms with van der Waals surface area (Å²) in [4.78, 5) is 11.5. The first kappa shape index (κ1) is 17.7. The second kappa shape index (κ2) is 6.58. The minimum absolute atomic E-state index is 0.0956. The topological polar surface area (TPSA) is 74.7 Å². The summed E-state index contributed by atoms with van der Waals surface area (Å²) in [6.07, 6.45) is 1.87. The normalized spacial score (nSPS) is 12.6. The molecular weight excluding hydrogens is 290 g/mol. The summed E-state index contributed by atoms with van der Waals surface area (Å²) in [6.45, 7) is 6.56. The van der Waals surface area contributed by atoms with Crippen LogP contribution in [0.1, 0.15) is 39.7 Å². The van der Waals surface area contributed by atoms with E-state index in [1.54, 1.807) is 31.2 Å². The summed E-state index contributed by atoms with van der Waals surface area (Å²) in [5, 5.41) is 9.26. The van der Waals surface area contributed by atoms with E-state index in [0.29, 0.717) is 0 Å². The quantitative estimate of drug-likeness (QED) is 0.839. The van der Waals surface area contributed by atoms with Crippen LogP contribution in [-0.4, -0.2) is 35.9 Å². The maximum absolute atomic E-state index is 12.6. The van der Waals surface area contributed by atoms with Crippen LogP contribution in [0.5, 0.6) is 0 Å². The van der Waals surface area contributed by atoms with Crippen molar-refractivity contribution in [2.45, 2.75) is 51.0 Å². The molecule has 1 aromatic carbocycles. The molecule has 0 aliphatic carbocycles. The van der Waals surface area contributed by atoms with E-state index >= 15 is 0 Å². The molecule has 0 aliphatic rings. The lowest BCUT2D eigenvalue weighted by molar-refractivity contribution is -0.146. The second-order valence-corrected chi connectivity index (χ2v) is 7.29. The molecule has 0 aromatic heterocycles. The van der Waals surface area contributed by atoms with Gasteiger partial charge in [-0.25, -0.2) is 8.42 Å². The Morgan fingerprint density at radius 3 is 2.10 bits per heavy atom. The third-order valence-corrected chi connectivity index (χ3v) is 5.65. The fourth-order valence-corrected chi connectivity index (χ4v) is 3.97. The van der Waals surface area contributed by atoms with E-state index in [1.165, 1.54) is 13.8 Å². The minimum Gasteiger partial charge on any atom is -0.480 e. The van der Waals surface area contributed by atoms with Crippen molar-refractivity contribution >= 4 is 16.0 Å². The number of carboxylic acids is 1. The molecule has 0 unspecified atom stereocenters. The maximum Gasteiger partial charge on any atom is 0.324 e. The van der Waals surface area contributed by atoms with Gasteiger partial charge in [-0.1, -0.05) is 32.4 Å². The molecule has 0 atom stereocenters. The summed E-state index contributed by atoms with van der Waals surface area (Å²) in [5.41, 5.74) is -0.424. The first-order valence-electron chi connectivity index (χ1n) is 7.03. The average molecular weight is 313 g/mol. The molecule has 118 valence electrons. The van der Waals surface area contributed by atoms with Gasteiger partial charge in [0.15, 0.2) is 0 Å². The van der Waals surface area contributed by atoms with Gasteiger partial charge in [0.1, 0.15) is 5.54 Å². The molecule has 6 heteroatoms. The number of aliphatic carboxylic acids is 1. The Bertz CT molecular complexity index is 591. The Morgan fingerprint density at radius 2 is 1.71 bits per heavy atom. The Morgan fingerprint density at radius 1 is 1.19 bits per heavy atom. The lowest BCUT2D eigenvalue weighted by atomic mass is 10.1. The summed E-state index contributed by atoms with van der Waals surface area (Å²) < 4.78 is 26.3. The first-order valence-corrected chi connectivity index (χ1v) is 8.47. The maximum atomic E-state index is 12.6. The zero-order valence-electron chi connectivity index (χ0n) is 13.0. The first-order chi connectivity index (χ1) is 9.67. The molecule has 0 spiro atoms. The predicted octanol–water partition coefficient (Wildman–Crippen LogP) is 2.51. The zero-order chi connectivity index (χ0) is 16.3. The number of carbonyl (C=O) groups is 1. The largest absolute Gasteiger partial charge is 0.480 e. The minimum atomic E-state index is -3.83. The molecule has 5 nitrogen and oxygen atoms in total. The molecule has 0 aliphatic heterocycles. The van der Waals surface area contributed by atoms with E-state index in [1.807, 2.05) is 0 Å². The van der Waals surface area contributed by atoms with Gasteiger partial charge in [-0.3, -0.25) is 4.79 Å². The molecule has 21 heavy (non-hydrogen) atoms. The Labute approximate surface area is 126 Å². The predicted molar refractivity (Wildman–Crippen MR) is 81.7 cm³/mol. The highest BCUT2D eigenvalue weighted by molar-refractivity contribution is 7.89. The SMILES string of the molecule is CCCc1ccc(S(=O)(=O)N(CC)C(C)(C)C(=O)O)cc1. The second-order valence-electron chi connectivity index (χ2n) is 5.43. The molecule has 0 saturated heterocycles. The number of benzene rings is 1. The number of rotatable bonds is 7. The Hall–Kier alpha value is -1.40. The number of hydrogen-bond acceptors (Lipinski definition) is 3. The van der Waals surface area contributed by atoms with Crippen LogP contribution in [0.3, 0.4) is 0 Å². The van der Waals surface area contributed by atoms with Crippen molar-refractivity contribution in [1.29, 1.82) is 0 Å². The molecule has 0 bridgehead atoms. The highest BCUT2D eigenvalue weighted by atomic mass is 32.2. The van der Waals surface area contributed by atoms with Crippen molar-refractivity contribution in [2.24, 2.45) is 0 Å². The number of hydrogen-bond donors (Lipinski definition) is 1. The van der Waals surface area contributed by atoms with Gasteiger partial charge in [-0.2, -0.15) is 4.31 Å². The summed E-state index contributed by atoms with van der Waals surface area (Å²) in [7, 11) is -3.83. The molecule has 1 N–H and O–H groups in total. The Kier molecular flexibility index (Phi) is 5.53. The van der Waals surface area contributed by atoms with Crippen LogP contribution in [0.2, 0.25) is 0 Å². The fraction of sp³-hybridized carbons (Fsp3) is 0.533. The van der Waals surface area contributed by atoms with E-state index in [-0.39, 0.29) is 11.4 Å². The van der Waals surface area contributed by atoms with Gasteiger partial charge < -0.3 is 5.11 Å². The van der Waals surface area contributed by atoms with Crippen LogP contribution in [-0.2, 0) is 21.2 Å². The zero-order valence-corrected chi connectivity index (χ0v) is 13.8. The molecule has 0 amide bonds. The van der Waals surface area contributed by atoms with Gasteiger partial charge in [0, 0.05) is 6.54 Å². The smallest absolute Gasteiger partial charge is 0.324 e. The van der Waals surface area contributed by atoms with Crippen LogP contribution >= 0.6 is 0 Å². The van der Waals surface area contributed by atoms with Crippen LogP contribution in [0.4, 0.5) is 0 Å². The molecule has 1 rings (SSSR count). The third kappa shape index (κ3) is 3.63. The fourth-order valence-electron chi connectivity index (χ4n) is 2.22. The number of aryl methyl sites for hydroxylation is 1. The Balaban J connectivity index is 3.22. The average Bonchev–Trinajstić information content (AvgIpc) is 2.39. The number of likely N-dealkylation sites (N-methyl/N-ethyl adjacent to an activating group) is 1. The van der Waals surface area contributed by atoms with Crippen molar-refractivity contribution in [2.75, 3.05) is 6.54 Å². The molecule has 0 fully saturated rings. The van der Waals surface area contributed by atoms with Crippen molar-refractivity contribution < 1.29 is 18.3 Å². The van der Waals surface area contributed by atoms with Gasteiger partial charge in [0.2, 0.25) is 10.0 Å². The van der Waals surface area contributed by atoms with Gasteiger partial charge in [-0.05, 0) is 38.0 Å². The van der Waals surface area contributed by atoms with E-state index < -0.39 is 21.5 Å². The van der Waals surface area contributed by atoms with Gasteiger partial charge >= 0.3 is 5.97 Å². The highest BCUT2D eigenvalue weighted by Crippen LogP contribution is 2.25. The highest BCUT2D eigenvalue weighted by Gasteiger charge is 2.41. The van der Waals surface area contributed by atoms with Crippen molar-refractivity contribution in [1.82, 2.24) is 4.31 Å². The molecule has 0 saturated carbocycles. The molecule has 1 aromatic rings. The standard InChI is InChI=1S/C15H23NO4S/c1-5-7-12-8-10-13(11-9-12)21(19,20)16(6-2)15(3,4)14(17)18/h8-11H,5-7H2,1-4H3,(H,17,18). The van der Waals surface area contributed by atoms with E-state index in [4.69, 9.17) is 0 Å². The van der Waals surface area contributed by atoms with E-state index in [9.17, 15) is 18.3 Å². The third-order valence-electron chi connectivity index (χ3n) is 3.48. The van der Waals surface area contributed by atoms with Crippen molar-refractivity contribution in [3.63, 3.8) is 0 Å².